The van der Waals surface area contributed by atoms with Crippen LogP contribution in [0.5, 0.6) is 0 Å². The van der Waals surface area contributed by atoms with Crippen LogP contribution >= 0.6 is 0 Å². The zero-order valence-electron chi connectivity index (χ0n) is 24.8. The molecule has 2 aromatic carbocycles. The molecule has 1 saturated heterocycles. The Hall–Kier alpha value is -4.78. The number of carboxylic acids is 1. The Kier molecular flexibility index (Phi) is 10.3. The number of rotatable bonds is 13. The predicted molar refractivity (Wildman–Crippen MR) is 159 cm³/mol. The van der Waals surface area contributed by atoms with Crippen molar-refractivity contribution < 1.29 is 33.9 Å². The van der Waals surface area contributed by atoms with E-state index in [1.165, 1.54) is 29.3 Å². The first-order valence-electron chi connectivity index (χ1n) is 14.6. The van der Waals surface area contributed by atoms with E-state index in [0.29, 0.717) is 57.5 Å². The number of urea groups is 1. The number of likely N-dealkylation sites (tertiary alicyclic amines) is 1. The summed E-state index contributed by atoms with van der Waals surface area (Å²) < 4.78 is 5.46. The fourth-order valence-electron chi connectivity index (χ4n) is 6.01. The molecule has 0 aliphatic carbocycles. The molecule has 2 heterocycles. The quantitative estimate of drug-likeness (QED) is 0.149. The first kappa shape index (κ1) is 32.1. The van der Waals surface area contributed by atoms with E-state index in [2.05, 4.69) is 10.2 Å². The molecule has 44 heavy (non-hydrogen) atoms. The first-order valence-corrected chi connectivity index (χ1v) is 14.6. The summed E-state index contributed by atoms with van der Waals surface area (Å²) in [4.78, 5) is 63.7. The van der Waals surface area contributed by atoms with E-state index in [4.69, 9.17) is 4.74 Å². The summed E-state index contributed by atoms with van der Waals surface area (Å²) in [6.45, 7) is 5.80. The average Bonchev–Trinajstić information content (AvgIpc) is 3.03. The molecule has 2 aliphatic rings. The summed E-state index contributed by atoms with van der Waals surface area (Å²) in [6, 6.07) is 13.2. The van der Waals surface area contributed by atoms with Crippen molar-refractivity contribution in [3.05, 3.63) is 87.1 Å². The average molecular weight is 608 g/mol. The molecule has 1 atom stereocenters. The molecule has 13 heteroatoms. The number of nitrogens with zero attached hydrogens (tertiary/aromatic N) is 4. The minimum Gasteiger partial charge on any atom is -0.478 e. The number of benzene rings is 2. The van der Waals surface area contributed by atoms with Crippen molar-refractivity contribution in [2.24, 2.45) is 0 Å². The van der Waals surface area contributed by atoms with E-state index in [1.807, 2.05) is 30.3 Å². The summed E-state index contributed by atoms with van der Waals surface area (Å²) >= 11 is 0. The highest BCUT2D eigenvalue weighted by Crippen LogP contribution is 2.37. The summed E-state index contributed by atoms with van der Waals surface area (Å²) in [5, 5.41) is 26.1. The monoisotopic (exact) mass is 607 g/mol. The number of ether oxygens (including phenoxy) is 1. The Morgan fingerprint density at radius 1 is 1.14 bits per heavy atom. The number of piperidine rings is 1. The van der Waals surface area contributed by atoms with Crippen molar-refractivity contribution in [2.75, 3.05) is 32.8 Å². The number of esters is 1. The first-order chi connectivity index (χ1) is 21.2. The molecule has 0 saturated carbocycles. The lowest BCUT2D eigenvalue weighted by molar-refractivity contribution is -0.384. The second kappa shape index (κ2) is 14.1. The van der Waals surface area contributed by atoms with Gasteiger partial charge in [-0.1, -0.05) is 37.3 Å². The minimum atomic E-state index is -1.28. The lowest BCUT2D eigenvalue weighted by Gasteiger charge is -2.41. The zero-order chi connectivity index (χ0) is 31.9. The lowest BCUT2D eigenvalue weighted by Crippen LogP contribution is -2.55. The van der Waals surface area contributed by atoms with Gasteiger partial charge in [-0.15, -0.1) is 0 Å². The number of hydrogen-bond acceptors (Lipinski definition) is 8. The predicted octanol–water partition coefficient (Wildman–Crippen LogP) is 3.77. The third-order valence-corrected chi connectivity index (χ3v) is 8.26. The highest BCUT2D eigenvalue weighted by molar-refractivity contribution is 5.94. The molecule has 1 fully saturated rings. The zero-order valence-corrected chi connectivity index (χ0v) is 24.8. The van der Waals surface area contributed by atoms with Gasteiger partial charge in [0.05, 0.1) is 34.3 Å². The molecule has 2 N–H and O–H groups in total. The van der Waals surface area contributed by atoms with Gasteiger partial charge in [0, 0.05) is 18.7 Å². The van der Waals surface area contributed by atoms with Gasteiger partial charge in [0.15, 0.2) is 0 Å². The number of hydrogen-bond donors (Lipinski definition) is 2. The van der Waals surface area contributed by atoms with Crippen LogP contribution in [0, 0.1) is 10.1 Å². The number of nitrogens with one attached hydrogen (secondary N) is 1. The number of non-ortho nitro benzene ring substituents is 1. The molecule has 0 radical (unpaired) electrons. The van der Waals surface area contributed by atoms with E-state index in [1.54, 1.807) is 13.8 Å². The van der Waals surface area contributed by atoms with Gasteiger partial charge >= 0.3 is 18.0 Å². The largest absolute Gasteiger partial charge is 0.478 e. The van der Waals surface area contributed by atoms with E-state index >= 15 is 0 Å². The smallest absolute Gasteiger partial charge is 0.341 e. The molecule has 13 nitrogen and oxygen atoms in total. The third-order valence-electron chi connectivity index (χ3n) is 8.26. The molecule has 0 bridgehead atoms. The number of amides is 3. The molecule has 2 aliphatic heterocycles. The van der Waals surface area contributed by atoms with Crippen LogP contribution in [0.4, 0.5) is 10.5 Å². The van der Waals surface area contributed by atoms with E-state index in [0.717, 1.165) is 10.6 Å². The maximum atomic E-state index is 13.3. The number of carbonyl (C=O) groups excluding carboxylic acids is 3. The van der Waals surface area contributed by atoms with Gasteiger partial charge in [-0.3, -0.25) is 19.7 Å². The van der Waals surface area contributed by atoms with Crippen LogP contribution in [0.15, 0.2) is 65.9 Å². The fraction of sp³-hybridized carbons (Fsp3) is 0.419. The van der Waals surface area contributed by atoms with Crippen LogP contribution in [-0.2, 0) is 24.5 Å². The Labute approximate surface area is 255 Å². The molecule has 3 amide bonds. The van der Waals surface area contributed by atoms with Crippen molar-refractivity contribution in [2.45, 2.75) is 51.0 Å². The molecule has 1 unspecified atom stereocenters. The number of carboxylic acid groups (broad SMARTS) is 1. The summed E-state index contributed by atoms with van der Waals surface area (Å²) in [5.41, 5.74) is 0.437. The Morgan fingerprint density at radius 3 is 2.34 bits per heavy atom. The van der Waals surface area contributed by atoms with Gasteiger partial charge < -0.3 is 20.1 Å². The number of allylic oxidation sites excluding steroid dienone is 1. The topological polar surface area (TPSA) is 163 Å². The maximum Gasteiger partial charge on any atom is 0.341 e. The lowest BCUT2D eigenvalue weighted by atomic mass is 9.72. The number of carbonyl (C=O) groups is 4. The van der Waals surface area contributed by atoms with E-state index in [9.17, 15) is 34.4 Å². The molecular formula is C31H37N5O8. The van der Waals surface area contributed by atoms with Gasteiger partial charge in [-0.2, -0.15) is 0 Å². The Morgan fingerprint density at radius 2 is 1.80 bits per heavy atom. The van der Waals surface area contributed by atoms with Crippen LogP contribution in [-0.4, -0.2) is 82.1 Å². The molecule has 234 valence electrons. The maximum absolute atomic E-state index is 13.3. The molecule has 4 rings (SSSR count). The molecule has 2 aromatic rings. The van der Waals surface area contributed by atoms with Gasteiger partial charge in [-0.25, -0.2) is 19.6 Å². The van der Waals surface area contributed by atoms with E-state index in [-0.39, 0.29) is 35.9 Å². The van der Waals surface area contributed by atoms with Crippen molar-refractivity contribution in [3.63, 3.8) is 0 Å². The van der Waals surface area contributed by atoms with Gasteiger partial charge in [0.2, 0.25) is 6.41 Å². The van der Waals surface area contributed by atoms with Gasteiger partial charge in [-0.05, 0) is 75.5 Å². The van der Waals surface area contributed by atoms with Gasteiger partial charge in [0.25, 0.3) is 5.69 Å². The summed E-state index contributed by atoms with van der Waals surface area (Å²) in [5.74, 6) is -1.51. The standard InChI is InChI=1S/C31H37N5O8/c1-3-25-26(28(38)39)27(22-11-13-24(14-12-22)36(42)43)32-30(41)35(25)34(21-37)18-8-17-33-19-15-31(16-20-33,29(40)44-4-2)23-9-6-5-7-10-23/h5-7,9-14,21,27H,3-4,8,15-20H2,1-2H3,(H,32,41)(H,38,39). The fourth-order valence-corrected chi connectivity index (χ4v) is 6.01. The Bertz CT molecular complexity index is 1400. The second-order valence-electron chi connectivity index (χ2n) is 10.7. The number of nitro benzene ring substituents is 1. The van der Waals surface area contributed by atoms with E-state index < -0.39 is 28.4 Å². The molecule has 0 spiro atoms. The highest BCUT2D eigenvalue weighted by Gasteiger charge is 2.44. The van der Waals surface area contributed by atoms with Crippen molar-refractivity contribution in [3.8, 4) is 0 Å². The molecule has 0 aromatic heterocycles. The molecular weight excluding hydrogens is 570 g/mol. The normalized spacial score (nSPS) is 18.4. The van der Waals surface area contributed by atoms with Crippen LogP contribution in [0.1, 0.15) is 56.7 Å². The van der Waals surface area contributed by atoms with Crippen LogP contribution in [0.3, 0.4) is 0 Å². The number of nitro groups is 1. The third kappa shape index (κ3) is 6.57. The Balaban J connectivity index is 1.46. The van der Waals surface area contributed by atoms with Crippen molar-refractivity contribution in [1.29, 1.82) is 0 Å². The van der Waals surface area contributed by atoms with Crippen LogP contribution in [0.2, 0.25) is 0 Å². The number of aliphatic carboxylic acids is 1. The second-order valence-corrected chi connectivity index (χ2v) is 10.7. The minimum absolute atomic E-state index is 0.125. The van der Waals surface area contributed by atoms with Crippen LogP contribution in [0.25, 0.3) is 0 Å². The van der Waals surface area contributed by atoms with Crippen molar-refractivity contribution in [1.82, 2.24) is 20.2 Å². The van der Waals surface area contributed by atoms with Gasteiger partial charge in [0.1, 0.15) is 0 Å². The summed E-state index contributed by atoms with van der Waals surface area (Å²) in [7, 11) is 0. The van der Waals surface area contributed by atoms with Crippen LogP contribution < -0.4 is 5.32 Å². The SMILES string of the molecule is CCOC(=O)C1(c2ccccc2)CCN(CCCN(C=O)N2C(=O)NC(c3ccc([N+](=O)[O-])cc3)C(C(=O)O)=C2CC)CC1. The highest BCUT2D eigenvalue weighted by atomic mass is 16.6. The summed E-state index contributed by atoms with van der Waals surface area (Å²) in [6.07, 6.45) is 2.29. The van der Waals surface area contributed by atoms with Crippen molar-refractivity contribution >= 4 is 30.1 Å². The number of hydrazine groups is 1.